The Kier molecular flexibility index (Phi) is 5.74. The fourth-order valence-corrected chi connectivity index (χ4v) is 2.63. The van der Waals surface area contributed by atoms with Crippen molar-refractivity contribution in [3.63, 3.8) is 0 Å². The highest BCUT2D eigenvalue weighted by atomic mass is 35.5. The second-order valence-electron chi connectivity index (χ2n) is 5.54. The first-order valence-corrected chi connectivity index (χ1v) is 8.59. The number of allylic oxidation sites excluding steroid dienone is 1. The minimum absolute atomic E-state index is 0.0785. The minimum Gasteiger partial charge on any atom is -0.508 e. The maximum atomic E-state index is 12.1. The lowest BCUT2D eigenvalue weighted by molar-refractivity contribution is 0.104. The molecule has 5 nitrogen and oxygen atoms in total. The van der Waals surface area contributed by atoms with Crippen LogP contribution in [-0.2, 0) is 6.61 Å². The number of phenols is 2. The molecule has 27 heavy (non-hydrogen) atoms. The van der Waals surface area contributed by atoms with Crippen LogP contribution in [0, 0.1) is 0 Å². The van der Waals surface area contributed by atoms with E-state index in [1.807, 2.05) is 0 Å². The Hall–Kier alpha value is -2.89. The number of hydrogen-bond acceptors (Lipinski definition) is 5. The van der Waals surface area contributed by atoms with Gasteiger partial charge in [0.05, 0.1) is 10.6 Å². The number of ether oxygens (including phenoxy) is 1. The third-order valence-electron chi connectivity index (χ3n) is 3.61. The Morgan fingerprint density at radius 3 is 2.70 bits per heavy atom. The maximum Gasteiger partial charge on any atom is 0.189 e. The molecule has 138 valence electrons. The first-order valence-electron chi connectivity index (χ1n) is 7.84. The molecule has 7 heteroatoms. The highest BCUT2D eigenvalue weighted by molar-refractivity contribution is 6.42. The third kappa shape index (κ3) is 4.64. The van der Waals surface area contributed by atoms with Gasteiger partial charge in [-0.25, -0.2) is 0 Å². The number of carbonyl (C=O) groups excluding carboxylic acids is 1. The molecule has 0 bridgehead atoms. The summed E-state index contributed by atoms with van der Waals surface area (Å²) >= 11 is 12.0. The van der Waals surface area contributed by atoms with Gasteiger partial charge in [0.2, 0.25) is 0 Å². The lowest BCUT2D eigenvalue weighted by atomic mass is 10.1. The van der Waals surface area contributed by atoms with Crippen LogP contribution < -0.4 is 4.74 Å². The Balaban J connectivity index is 1.64. The van der Waals surface area contributed by atoms with Crippen LogP contribution in [-0.4, -0.2) is 16.0 Å². The molecular formula is C20H14Cl2O5. The van der Waals surface area contributed by atoms with Crippen LogP contribution in [0.25, 0.3) is 6.08 Å². The van der Waals surface area contributed by atoms with Gasteiger partial charge >= 0.3 is 0 Å². The largest absolute Gasteiger partial charge is 0.508 e. The topological polar surface area (TPSA) is 79.9 Å². The number of hydrogen-bond donors (Lipinski definition) is 2. The Morgan fingerprint density at radius 1 is 1.11 bits per heavy atom. The van der Waals surface area contributed by atoms with Crippen molar-refractivity contribution in [1.29, 1.82) is 0 Å². The van der Waals surface area contributed by atoms with Gasteiger partial charge < -0.3 is 19.4 Å². The number of rotatable bonds is 6. The predicted octanol–water partition coefficient (Wildman–Crippen LogP) is 5.47. The first-order chi connectivity index (χ1) is 12.9. The Labute approximate surface area is 165 Å². The van der Waals surface area contributed by atoms with Gasteiger partial charge in [-0.15, -0.1) is 0 Å². The average Bonchev–Trinajstić information content (AvgIpc) is 3.09. The molecule has 2 N–H and O–H groups in total. The van der Waals surface area contributed by atoms with Crippen LogP contribution in [0.5, 0.6) is 17.2 Å². The van der Waals surface area contributed by atoms with Crippen molar-refractivity contribution in [3.05, 3.63) is 81.7 Å². The van der Waals surface area contributed by atoms with E-state index < -0.39 is 5.78 Å². The van der Waals surface area contributed by atoms with E-state index in [9.17, 15) is 15.0 Å². The van der Waals surface area contributed by atoms with E-state index in [0.717, 1.165) is 6.07 Å². The molecule has 0 spiro atoms. The molecule has 3 rings (SSSR count). The summed E-state index contributed by atoms with van der Waals surface area (Å²) in [6.45, 7) is 0.139. The van der Waals surface area contributed by atoms with Crippen molar-refractivity contribution >= 4 is 35.1 Å². The summed E-state index contributed by atoms with van der Waals surface area (Å²) in [7, 11) is 0. The second kappa shape index (κ2) is 8.20. The number of ketones is 1. The molecule has 2 aromatic carbocycles. The molecule has 1 aromatic heterocycles. The molecule has 0 saturated carbocycles. The quantitative estimate of drug-likeness (QED) is 0.420. The smallest absolute Gasteiger partial charge is 0.189 e. The minimum atomic E-state index is -0.424. The second-order valence-corrected chi connectivity index (χ2v) is 6.33. The maximum absolute atomic E-state index is 12.1. The third-order valence-corrected chi connectivity index (χ3v) is 4.42. The molecule has 0 aliphatic heterocycles. The highest BCUT2D eigenvalue weighted by Crippen LogP contribution is 2.32. The number of furan rings is 1. The van der Waals surface area contributed by atoms with Crippen molar-refractivity contribution in [3.8, 4) is 17.2 Å². The molecule has 0 saturated heterocycles. The van der Waals surface area contributed by atoms with Crippen LogP contribution in [0.4, 0.5) is 0 Å². The summed E-state index contributed by atoms with van der Waals surface area (Å²) in [6.07, 6.45) is 2.74. The van der Waals surface area contributed by atoms with E-state index >= 15 is 0 Å². The predicted molar refractivity (Wildman–Crippen MR) is 103 cm³/mol. The lowest BCUT2D eigenvalue weighted by Crippen LogP contribution is -1.94. The fourth-order valence-electron chi connectivity index (χ4n) is 2.28. The van der Waals surface area contributed by atoms with Gasteiger partial charge in [-0.2, -0.15) is 0 Å². The Bertz CT molecular complexity index is 1010. The molecule has 1 heterocycles. The summed E-state index contributed by atoms with van der Waals surface area (Å²) in [5.74, 6) is 0.575. The number of halogens is 2. The average molecular weight is 405 g/mol. The van der Waals surface area contributed by atoms with Crippen molar-refractivity contribution in [1.82, 2.24) is 0 Å². The van der Waals surface area contributed by atoms with Gasteiger partial charge in [-0.1, -0.05) is 29.3 Å². The molecule has 0 radical (unpaired) electrons. The zero-order chi connectivity index (χ0) is 19.4. The summed E-state index contributed by atoms with van der Waals surface area (Å²) in [5, 5.41) is 19.7. The van der Waals surface area contributed by atoms with Gasteiger partial charge in [-0.3, -0.25) is 4.79 Å². The molecule has 3 aromatic rings. The van der Waals surface area contributed by atoms with Gasteiger partial charge in [0, 0.05) is 6.07 Å². The van der Waals surface area contributed by atoms with Crippen molar-refractivity contribution in [2.45, 2.75) is 6.61 Å². The standard InChI is InChI=1S/C20H14Cl2O5/c21-16-2-1-3-19(20(16)22)26-11-14-6-5-13(27-14)7-9-17(24)15-8-4-12(23)10-18(15)25/h1-10,23,25H,11H2/b9-7+. The van der Waals surface area contributed by atoms with Crippen LogP contribution in [0.15, 0.2) is 59.0 Å². The molecule has 0 unspecified atom stereocenters. The normalized spacial score (nSPS) is 11.0. The zero-order valence-corrected chi connectivity index (χ0v) is 15.4. The summed E-state index contributed by atoms with van der Waals surface area (Å²) in [5.41, 5.74) is 0.0785. The molecular weight excluding hydrogens is 391 g/mol. The van der Waals surface area contributed by atoms with E-state index in [1.54, 1.807) is 30.3 Å². The molecule has 0 aliphatic rings. The van der Waals surface area contributed by atoms with E-state index in [1.165, 1.54) is 24.3 Å². The van der Waals surface area contributed by atoms with Crippen molar-refractivity contribution in [2.75, 3.05) is 0 Å². The SMILES string of the molecule is O=C(/C=C/c1ccc(COc2cccc(Cl)c2Cl)o1)c1ccc(O)cc1O. The van der Waals surface area contributed by atoms with E-state index in [2.05, 4.69) is 0 Å². The van der Waals surface area contributed by atoms with Gasteiger partial charge in [0.1, 0.15) is 40.4 Å². The Morgan fingerprint density at radius 2 is 1.93 bits per heavy atom. The van der Waals surface area contributed by atoms with Crippen LogP contribution in [0.2, 0.25) is 10.0 Å². The zero-order valence-electron chi connectivity index (χ0n) is 13.9. The molecule has 0 amide bonds. The number of carbonyl (C=O) groups is 1. The van der Waals surface area contributed by atoms with Gasteiger partial charge in [-0.05, 0) is 48.6 Å². The van der Waals surface area contributed by atoms with E-state index in [0.29, 0.717) is 27.3 Å². The number of benzene rings is 2. The van der Waals surface area contributed by atoms with Crippen molar-refractivity contribution in [2.24, 2.45) is 0 Å². The summed E-state index contributed by atoms with van der Waals surface area (Å²) < 4.78 is 11.1. The summed E-state index contributed by atoms with van der Waals surface area (Å²) in [4.78, 5) is 12.1. The molecule has 0 fully saturated rings. The lowest BCUT2D eigenvalue weighted by Gasteiger charge is -2.06. The molecule has 0 aliphatic carbocycles. The first kappa shape index (κ1) is 18.9. The number of phenolic OH excluding ortho intramolecular Hbond substituents is 2. The van der Waals surface area contributed by atoms with Crippen molar-refractivity contribution < 1.29 is 24.2 Å². The van der Waals surface area contributed by atoms with Gasteiger partial charge in [0.25, 0.3) is 0 Å². The fraction of sp³-hybridized carbons (Fsp3) is 0.0500. The van der Waals surface area contributed by atoms with Crippen LogP contribution in [0.3, 0.4) is 0 Å². The highest BCUT2D eigenvalue weighted by Gasteiger charge is 2.10. The van der Waals surface area contributed by atoms with Crippen LogP contribution in [0.1, 0.15) is 21.9 Å². The molecule has 0 atom stereocenters. The number of aromatic hydroxyl groups is 2. The van der Waals surface area contributed by atoms with Crippen LogP contribution >= 0.6 is 23.2 Å². The summed E-state index contributed by atoms with van der Waals surface area (Å²) in [6, 6.07) is 12.2. The monoisotopic (exact) mass is 404 g/mol. The van der Waals surface area contributed by atoms with Gasteiger partial charge in [0.15, 0.2) is 5.78 Å². The van der Waals surface area contributed by atoms with E-state index in [4.69, 9.17) is 32.4 Å². The van der Waals surface area contributed by atoms with E-state index in [-0.39, 0.29) is 23.7 Å².